The summed E-state index contributed by atoms with van der Waals surface area (Å²) in [6.45, 7) is 15.5. The third-order valence-corrected chi connectivity index (χ3v) is 12.1. The van der Waals surface area contributed by atoms with Gasteiger partial charge in [-0.1, -0.05) is 164 Å². The largest absolute Gasteiger partial charge is 0.310 e. The summed E-state index contributed by atoms with van der Waals surface area (Å²) in [4.78, 5) is 19.6. The lowest BCUT2D eigenvalue weighted by Gasteiger charge is -2.25. The van der Waals surface area contributed by atoms with Crippen molar-refractivity contribution in [2.24, 2.45) is 0 Å². The summed E-state index contributed by atoms with van der Waals surface area (Å²) in [5, 5.41) is 2.41. The highest BCUT2D eigenvalue weighted by molar-refractivity contribution is 6.10. The highest BCUT2D eigenvalue weighted by Crippen LogP contribution is 2.41. The van der Waals surface area contributed by atoms with Crippen LogP contribution in [0.25, 0.3) is 93.3 Å². The molecule has 11 aromatic rings. The zero-order valence-electron chi connectivity index (χ0n) is 35.6. The Morgan fingerprint density at radius 3 is 1.44 bits per heavy atom. The maximum atomic E-state index is 7.78. The van der Waals surface area contributed by atoms with E-state index in [1.165, 1.54) is 10.8 Å². The zero-order chi connectivity index (χ0) is 44.4. The third kappa shape index (κ3) is 7.31. The number of anilines is 3. The highest BCUT2D eigenvalue weighted by Gasteiger charge is 2.18. The summed E-state index contributed by atoms with van der Waals surface area (Å²) < 4.78 is 2.36. The first-order valence-corrected chi connectivity index (χ1v) is 21.7. The maximum absolute atomic E-state index is 7.78. The number of para-hydroxylation sites is 5. The Hall–Kier alpha value is -9.36. The number of hydrogen-bond donors (Lipinski definition) is 0. The van der Waals surface area contributed by atoms with E-state index in [2.05, 4.69) is 195 Å². The molecule has 0 aliphatic rings. The van der Waals surface area contributed by atoms with Crippen molar-refractivity contribution in [3.05, 3.63) is 253 Å². The van der Waals surface area contributed by atoms with E-state index in [1.807, 2.05) is 42.5 Å². The van der Waals surface area contributed by atoms with E-state index in [1.54, 1.807) is 12.1 Å². The average molecular weight is 843 g/mol. The molecule has 66 heavy (non-hydrogen) atoms. The molecule has 2 heterocycles. The fourth-order valence-corrected chi connectivity index (χ4v) is 8.87. The van der Waals surface area contributed by atoms with Crippen LogP contribution in [0, 0.1) is 13.1 Å². The summed E-state index contributed by atoms with van der Waals surface area (Å²) >= 11 is 0. The fourth-order valence-electron chi connectivity index (χ4n) is 8.87. The predicted molar refractivity (Wildman–Crippen MR) is 271 cm³/mol. The lowest BCUT2D eigenvalue weighted by atomic mass is 9.98. The first kappa shape index (κ1) is 39.5. The number of rotatable bonds is 9. The first-order chi connectivity index (χ1) is 32.6. The van der Waals surface area contributed by atoms with Gasteiger partial charge in [-0.25, -0.2) is 19.7 Å². The van der Waals surface area contributed by atoms with Crippen LogP contribution in [-0.2, 0) is 0 Å². The van der Waals surface area contributed by atoms with E-state index in [-0.39, 0.29) is 0 Å². The molecule has 6 heteroatoms. The number of aromatic nitrogens is 3. The van der Waals surface area contributed by atoms with Crippen molar-refractivity contribution in [1.29, 1.82) is 0 Å². The molecule has 0 aliphatic heterocycles. The molecule has 0 radical (unpaired) electrons. The lowest BCUT2D eigenvalue weighted by molar-refractivity contribution is 1.18. The quantitative estimate of drug-likeness (QED) is 0.136. The van der Waals surface area contributed by atoms with Gasteiger partial charge in [0.25, 0.3) is 0 Å². The van der Waals surface area contributed by atoms with Crippen LogP contribution in [0.5, 0.6) is 0 Å². The molecule has 0 bridgehead atoms. The molecule has 0 N–H and O–H groups in total. The molecule has 0 atom stereocenters. The van der Waals surface area contributed by atoms with Gasteiger partial charge in [0, 0.05) is 50.2 Å². The molecule has 11 rings (SSSR count). The molecule has 0 spiro atoms. The zero-order valence-corrected chi connectivity index (χ0v) is 35.6. The molecule has 0 amide bonds. The van der Waals surface area contributed by atoms with Gasteiger partial charge >= 0.3 is 0 Å². The van der Waals surface area contributed by atoms with E-state index in [4.69, 9.17) is 23.1 Å². The summed E-state index contributed by atoms with van der Waals surface area (Å²) in [6.07, 6.45) is 0. The van der Waals surface area contributed by atoms with Crippen molar-refractivity contribution in [3.8, 4) is 61.8 Å². The van der Waals surface area contributed by atoms with Crippen LogP contribution < -0.4 is 4.90 Å². The first-order valence-electron chi connectivity index (χ1n) is 21.7. The molecule has 6 nitrogen and oxygen atoms in total. The molecule has 0 saturated heterocycles. The number of fused-ring (bicyclic) bond motifs is 3. The van der Waals surface area contributed by atoms with Crippen molar-refractivity contribution in [1.82, 2.24) is 14.5 Å². The smallest absolute Gasteiger partial charge is 0.198 e. The SMILES string of the molecule is [C-]#[N+]c1ccccc1-c1cc(-c2ccc(-c3ccc(-c4ccc(-n5c6ccccc6c6cc(N(c7ccccc7)c7ccccc7)ccc65)cc4)cc3)cc2)nc(-c2ccccc2[N+]#[C-])n1. The normalized spacial score (nSPS) is 11.0. The van der Waals surface area contributed by atoms with Gasteiger partial charge in [-0.15, -0.1) is 0 Å². The lowest BCUT2D eigenvalue weighted by Crippen LogP contribution is -2.09. The van der Waals surface area contributed by atoms with Gasteiger partial charge in [-0.05, 0) is 89.0 Å². The van der Waals surface area contributed by atoms with Crippen LogP contribution in [0.3, 0.4) is 0 Å². The Balaban J connectivity index is 0.880. The molecular weight excluding hydrogens is 805 g/mol. The molecule has 0 fully saturated rings. The molecular formula is C60H38N6. The van der Waals surface area contributed by atoms with E-state index in [0.717, 1.165) is 67.2 Å². The van der Waals surface area contributed by atoms with Crippen LogP contribution in [0.1, 0.15) is 0 Å². The molecule has 308 valence electrons. The van der Waals surface area contributed by atoms with Crippen molar-refractivity contribution < 1.29 is 0 Å². The minimum absolute atomic E-state index is 0.445. The minimum atomic E-state index is 0.445. The number of nitrogens with zero attached hydrogens (tertiary/aromatic N) is 6. The van der Waals surface area contributed by atoms with Gasteiger partial charge in [-0.3, -0.25) is 0 Å². The topological polar surface area (TPSA) is 42.7 Å². The van der Waals surface area contributed by atoms with Gasteiger partial charge in [0.2, 0.25) is 0 Å². The van der Waals surface area contributed by atoms with Gasteiger partial charge in [-0.2, -0.15) is 0 Å². The third-order valence-electron chi connectivity index (χ3n) is 12.1. The Kier molecular flexibility index (Phi) is 10.2. The summed E-state index contributed by atoms with van der Waals surface area (Å²) in [6, 6.07) is 79.1. The standard InChI is InChI=1S/C60H38N6/c1-61-54-22-12-9-20-51(54)57-40-56(63-60(64-57)52-21-10-13-23-55(52)62-2)45-31-29-43(30-32-45)41-25-27-42(28-26-41)44-33-35-48(36-34-44)66-58-24-14-11-19-50(58)53-39-49(37-38-59(53)66)65(46-15-5-3-6-16-46)47-17-7-4-8-18-47/h3-40H. The minimum Gasteiger partial charge on any atom is -0.310 e. The second-order valence-corrected chi connectivity index (χ2v) is 16.0. The van der Waals surface area contributed by atoms with E-state index in [0.29, 0.717) is 34.2 Å². The van der Waals surface area contributed by atoms with Crippen LogP contribution in [0.2, 0.25) is 0 Å². The van der Waals surface area contributed by atoms with E-state index in [9.17, 15) is 0 Å². The number of benzene rings is 9. The maximum Gasteiger partial charge on any atom is 0.198 e. The second-order valence-electron chi connectivity index (χ2n) is 16.0. The highest BCUT2D eigenvalue weighted by atomic mass is 15.1. The van der Waals surface area contributed by atoms with Crippen LogP contribution in [-0.4, -0.2) is 14.5 Å². The molecule has 9 aromatic carbocycles. The summed E-state index contributed by atoms with van der Waals surface area (Å²) in [5.74, 6) is 0.445. The summed E-state index contributed by atoms with van der Waals surface area (Å²) in [7, 11) is 0. The van der Waals surface area contributed by atoms with Gasteiger partial charge < -0.3 is 9.47 Å². The van der Waals surface area contributed by atoms with Crippen LogP contribution in [0.4, 0.5) is 28.4 Å². The Bertz CT molecular complexity index is 3520. The average Bonchev–Trinajstić information content (AvgIpc) is 3.73. The molecule has 0 aliphatic carbocycles. The molecule has 0 unspecified atom stereocenters. The number of hydrogen-bond acceptors (Lipinski definition) is 3. The Morgan fingerprint density at radius 2 is 0.833 bits per heavy atom. The Morgan fingerprint density at radius 1 is 0.364 bits per heavy atom. The molecule has 0 saturated carbocycles. The van der Waals surface area contributed by atoms with Crippen LogP contribution in [0.15, 0.2) is 231 Å². The van der Waals surface area contributed by atoms with Crippen molar-refractivity contribution >= 4 is 50.2 Å². The van der Waals surface area contributed by atoms with Crippen molar-refractivity contribution in [2.75, 3.05) is 4.90 Å². The fraction of sp³-hybridized carbons (Fsp3) is 0. The van der Waals surface area contributed by atoms with Gasteiger partial charge in [0.05, 0.1) is 35.6 Å². The summed E-state index contributed by atoms with van der Waals surface area (Å²) in [5.41, 5.74) is 15.8. The van der Waals surface area contributed by atoms with Crippen LogP contribution >= 0.6 is 0 Å². The Labute approximate surface area is 383 Å². The van der Waals surface area contributed by atoms with Crippen molar-refractivity contribution in [3.63, 3.8) is 0 Å². The van der Waals surface area contributed by atoms with Gasteiger partial charge in [0.15, 0.2) is 11.4 Å². The monoisotopic (exact) mass is 842 g/mol. The van der Waals surface area contributed by atoms with Gasteiger partial charge in [0.1, 0.15) is 5.82 Å². The molecule has 2 aromatic heterocycles. The van der Waals surface area contributed by atoms with Crippen molar-refractivity contribution in [2.45, 2.75) is 0 Å². The van der Waals surface area contributed by atoms with E-state index >= 15 is 0 Å². The predicted octanol–water partition coefficient (Wildman–Crippen LogP) is 16.5. The second kappa shape index (κ2) is 17.1. The van der Waals surface area contributed by atoms with E-state index < -0.39 is 0 Å².